The Balaban J connectivity index is 1.63. The lowest BCUT2D eigenvalue weighted by atomic mass is 10.2. The summed E-state index contributed by atoms with van der Waals surface area (Å²) < 4.78 is 5.16. The molecule has 0 spiro atoms. The van der Waals surface area contributed by atoms with Crippen molar-refractivity contribution in [1.29, 1.82) is 0 Å². The van der Waals surface area contributed by atoms with Crippen LogP contribution in [0.3, 0.4) is 0 Å². The van der Waals surface area contributed by atoms with Crippen LogP contribution in [0.15, 0.2) is 54.6 Å². The van der Waals surface area contributed by atoms with E-state index in [0.29, 0.717) is 19.5 Å². The first-order valence-electron chi connectivity index (χ1n) is 9.53. The van der Waals surface area contributed by atoms with E-state index in [1.165, 1.54) is 0 Å². The molecule has 2 aromatic rings. The van der Waals surface area contributed by atoms with E-state index < -0.39 is 0 Å². The standard InChI is InChI=1S/C22H27N3O3/c1-16(2)24(14-17-7-5-4-6-8-17)22(27)23-18-13-21(26)25(15-18)19-9-11-20(28-3)12-10-19/h4-12,16,18H,13-15H2,1-3H3,(H,23,27). The Morgan fingerprint density at radius 2 is 1.86 bits per heavy atom. The number of methoxy groups -OCH3 is 1. The summed E-state index contributed by atoms with van der Waals surface area (Å²) in [5.74, 6) is 0.753. The van der Waals surface area contributed by atoms with Crippen molar-refractivity contribution in [3.63, 3.8) is 0 Å². The molecule has 3 amide bonds. The minimum absolute atomic E-state index is 0.00891. The number of nitrogens with one attached hydrogen (secondary N) is 1. The Kier molecular flexibility index (Phi) is 6.19. The number of anilines is 1. The van der Waals surface area contributed by atoms with E-state index in [2.05, 4.69) is 5.32 Å². The maximum atomic E-state index is 12.8. The van der Waals surface area contributed by atoms with Gasteiger partial charge < -0.3 is 19.9 Å². The van der Waals surface area contributed by atoms with Crippen LogP contribution in [-0.2, 0) is 11.3 Å². The van der Waals surface area contributed by atoms with Gasteiger partial charge in [0.1, 0.15) is 5.75 Å². The highest BCUT2D eigenvalue weighted by Gasteiger charge is 2.32. The fourth-order valence-electron chi connectivity index (χ4n) is 3.34. The van der Waals surface area contributed by atoms with Gasteiger partial charge in [0, 0.05) is 31.2 Å². The Hall–Kier alpha value is -3.02. The predicted molar refractivity (Wildman–Crippen MR) is 109 cm³/mol. The summed E-state index contributed by atoms with van der Waals surface area (Å²) in [7, 11) is 1.61. The molecule has 1 atom stereocenters. The highest BCUT2D eigenvalue weighted by Crippen LogP contribution is 2.24. The van der Waals surface area contributed by atoms with Crippen LogP contribution in [0.5, 0.6) is 5.75 Å². The Bertz CT molecular complexity index is 806. The van der Waals surface area contributed by atoms with E-state index in [1.54, 1.807) is 16.9 Å². The molecule has 1 fully saturated rings. The van der Waals surface area contributed by atoms with Crippen molar-refractivity contribution in [1.82, 2.24) is 10.2 Å². The van der Waals surface area contributed by atoms with E-state index in [9.17, 15) is 9.59 Å². The van der Waals surface area contributed by atoms with Gasteiger partial charge in [0.05, 0.1) is 13.2 Å². The third-order valence-corrected chi connectivity index (χ3v) is 4.92. The van der Waals surface area contributed by atoms with Crippen molar-refractivity contribution in [2.75, 3.05) is 18.6 Å². The minimum Gasteiger partial charge on any atom is -0.497 e. The normalized spacial score (nSPS) is 16.4. The van der Waals surface area contributed by atoms with Gasteiger partial charge in [0.15, 0.2) is 0 Å². The lowest BCUT2D eigenvalue weighted by molar-refractivity contribution is -0.117. The van der Waals surface area contributed by atoms with Crippen molar-refractivity contribution in [2.45, 2.75) is 38.9 Å². The maximum Gasteiger partial charge on any atom is 0.318 e. The van der Waals surface area contributed by atoms with Crippen LogP contribution in [0.1, 0.15) is 25.8 Å². The van der Waals surface area contributed by atoms with Crippen LogP contribution in [0.2, 0.25) is 0 Å². The molecule has 1 saturated heterocycles. The maximum absolute atomic E-state index is 12.8. The highest BCUT2D eigenvalue weighted by atomic mass is 16.5. The van der Waals surface area contributed by atoms with E-state index in [4.69, 9.17) is 4.74 Å². The third kappa shape index (κ3) is 4.63. The number of nitrogens with zero attached hydrogens (tertiary/aromatic N) is 2. The second-order valence-corrected chi connectivity index (χ2v) is 7.26. The van der Waals surface area contributed by atoms with Crippen LogP contribution in [0.4, 0.5) is 10.5 Å². The van der Waals surface area contributed by atoms with Crippen molar-refractivity contribution >= 4 is 17.6 Å². The molecule has 3 rings (SSSR count). The molecule has 148 valence electrons. The molecule has 0 aliphatic carbocycles. The first-order valence-corrected chi connectivity index (χ1v) is 9.53. The predicted octanol–water partition coefficient (Wildman–Crippen LogP) is 3.42. The molecule has 1 aliphatic rings. The van der Waals surface area contributed by atoms with Crippen LogP contribution >= 0.6 is 0 Å². The van der Waals surface area contributed by atoms with Gasteiger partial charge in [-0.25, -0.2) is 4.79 Å². The number of urea groups is 1. The molecule has 1 N–H and O–H groups in total. The van der Waals surface area contributed by atoms with Gasteiger partial charge in [0.25, 0.3) is 0 Å². The summed E-state index contributed by atoms with van der Waals surface area (Å²) in [5.41, 5.74) is 1.89. The smallest absolute Gasteiger partial charge is 0.318 e. The van der Waals surface area contributed by atoms with Crippen LogP contribution in [0.25, 0.3) is 0 Å². The number of amides is 3. The van der Waals surface area contributed by atoms with Crippen molar-refractivity contribution in [3.05, 3.63) is 60.2 Å². The zero-order valence-electron chi connectivity index (χ0n) is 16.6. The first kappa shape index (κ1) is 19.7. The van der Waals surface area contributed by atoms with Gasteiger partial charge in [-0.2, -0.15) is 0 Å². The number of carbonyl (C=O) groups excluding carboxylic acids is 2. The SMILES string of the molecule is COc1ccc(N2CC(NC(=O)N(Cc3ccccc3)C(C)C)CC2=O)cc1. The molecule has 1 heterocycles. The molecule has 2 aromatic carbocycles. The van der Waals surface area contributed by atoms with Crippen molar-refractivity contribution in [2.24, 2.45) is 0 Å². The second-order valence-electron chi connectivity index (χ2n) is 7.26. The second kappa shape index (κ2) is 8.78. The summed E-state index contributed by atoms with van der Waals surface area (Å²) in [6.45, 7) is 4.99. The van der Waals surface area contributed by atoms with E-state index in [-0.39, 0.29) is 24.0 Å². The molecule has 0 bridgehead atoms. The van der Waals surface area contributed by atoms with Gasteiger partial charge in [-0.1, -0.05) is 30.3 Å². The lowest BCUT2D eigenvalue weighted by Crippen LogP contribution is -2.48. The number of benzene rings is 2. The average Bonchev–Trinajstić information content (AvgIpc) is 3.06. The summed E-state index contributed by atoms with van der Waals surface area (Å²) in [6, 6.07) is 17.0. The summed E-state index contributed by atoms with van der Waals surface area (Å²) in [4.78, 5) is 28.8. The van der Waals surface area contributed by atoms with Gasteiger partial charge in [-0.3, -0.25) is 4.79 Å². The molecule has 1 unspecified atom stereocenters. The first-order chi connectivity index (χ1) is 13.5. The van der Waals surface area contributed by atoms with E-state index >= 15 is 0 Å². The minimum atomic E-state index is -0.209. The number of rotatable bonds is 6. The fraction of sp³-hybridized carbons (Fsp3) is 0.364. The topological polar surface area (TPSA) is 61.9 Å². The van der Waals surface area contributed by atoms with Gasteiger partial charge in [-0.15, -0.1) is 0 Å². The summed E-state index contributed by atoms with van der Waals surface area (Å²) >= 11 is 0. The van der Waals surface area contributed by atoms with Crippen molar-refractivity contribution < 1.29 is 14.3 Å². The Labute approximate surface area is 166 Å². The van der Waals surface area contributed by atoms with Gasteiger partial charge >= 0.3 is 6.03 Å². The number of ether oxygens (including phenoxy) is 1. The van der Waals surface area contributed by atoms with Crippen LogP contribution < -0.4 is 15.0 Å². The Morgan fingerprint density at radius 1 is 1.18 bits per heavy atom. The van der Waals surface area contributed by atoms with Crippen LogP contribution in [-0.4, -0.2) is 42.6 Å². The number of hydrogen-bond acceptors (Lipinski definition) is 3. The fourth-order valence-corrected chi connectivity index (χ4v) is 3.34. The quantitative estimate of drug-likeness (QED) is 0.834. The number of hydrogen-bond donors (Lipinski definition) is 1. The van der Waals surface area contributed by atoms with E-state index in [1.807, 2.05) is 68.4 Å². The molecule has 28 heavy (non-hydrogen) atoms. The van der Waals surface area contributed by atoms with Gasteiger partial charge in [-0.05, 0) is 43.7 Å². The van der Waals surface area contributed by atoms with Crippen LogP contribution in [0, 0.1) is 0 Å². The molecule has 0 radical (unpaired) electrons. The zero-order valence-corrected chi connectivity index (χ0v) is 16.6. The molecule has 6 heteroatoms. The zero-order chi connectivity index (χ0) is 20.1. The molecule has 1 aliphatic heterocycles. The summed E-state index contributed by atoms with van der Waals surface area (Å²) in [5, 5.41) is 3.03. The monoisotopic (exact) mass is 381 g/mol. The van der Waals surface area contributed by atoms with Crippen molar-refractivity contribution in [3.8, 4) is 5.75 Å². The molecular formula is C22H27N3O3. The Morgan fingerprint density at radius 3 is 2.46 bits per heavy atom. The highest BCUT2D eigenvalue weighted by molar-refractivity contribution is 5.96. The molecule has 6 nitrogen and oxygen atoms in total. The average molecular weight is 381 g/mol. The molecule has 0 saturated carbocycles. The number of carbonyl (C=O) groups is 2. The molecular weight excluding hydrogens is 354 g/mol. The van der Waals surface area contributed by atoms with E-state index in [0.717, 1.165) is 17.0 Å². The third-order valence-electron chi connectivity index (χ3n) is 4.92. The largest absolute Gasteiger partial charge is 0.497 e. The lowest BCUT2D eigenvalue weighted by Gasteiger charge is -2.28. The van der Waals surface area contributed by atoms with Gasteiger partial charge in [0.2, 0.25) is 5.91 Å². The molecule has 0 aromatic heterocycles. The summed E-state index contributed by atoms with van der Waals surface area (Å²) in [6.07, 6.45) is 0.301.